The van der Waals surface area contributed by atoms with Gasteiger partial charge in [0.25, 0.3) is 5.91 Å². The van der Waals surface area contributed by atoms with E-state index in [1.807, 2.05) is 5.32 Å². The lowest BCUT2D eigenvalue weighted by molar-refractivity contribution is -0.139. The quantitative estimate of drug-likeness (QED) is 0.253. The number of aromatic hydroxyl groups is 1. The van der Waals surface area contributed by atoms with Crippen LogP contribution in [0, 0.1) is 16.7 Å². The summed E-state index contributed by atoms with van der Waals surface area (Å²) in [5.74, 6) is -4.09. The number of carboxylic acids is 1. The molecule has 0 atom stereocenters. The molecule has 0 heterocycles. The lowest BCUT2D eigenvalue weighted by atomic mass is 9.91. The molecule has 1 amide bonds. The number of phenols is 1. The van der Waals surface area contributed by atoms with Crippen molar-refractivity contribution in [1.82, 2.24) is 0 Å². The number of hydrogen-bond donors (Lipinski definition) is 4. The van der Waals surface area contributed by atoms with Gasteiger partial charge in [0.05, 0.1) is 34.0 Å². The molecule has 4 N–H and O–H groups in total. The first-order valence-electron chi connectivity index (χ1n) is 9.93. The van der Waals surface area contributed by atoms with Gasteiger partial charge in [-0.2, -0.15) is 31.6 Å². The summed E-state index contributed by atoms with van der Waals surface area (Å²) in [6, 6.07) is 8.67. The van der Waals surface area contributed by atoms with Crippen LogP contribution >= 0.6 is 0 Å². The second kappa shape index (κ2) is 9.65. The third-order valence-corrected chi connectivity index (χ3v) is 5.09. The Morgan fingerprint density at radius 1 is 0.865 bits per heavy atom. The second-order valence-corrected chi connectivity index (χ2v) is 7.46. The van der Waals surface area contributed by atoms with Gasteiger partial charge in [0.2, 0.25) is 0 Å². The third kappa shape index (κ3) is 5.53. The Balaban J connectivity index is 2.10. The van der Waals surface area contributed by atoms with E-state index in [2.05, 4.69) is 0 Å². The number of alkyl halides is 6. The van der Waals surface area contributed by atoms with Gasteiger partial charge < -0.3 is 15.5 Å². The van der Waals surface area contributed by atoms with Gasteiger partial charge in [-0.15, -0.1) is 0 Å². The van der Waals surface area contributed by atoms with Crippen molar-refractivity contribution in [2.24, 2.45) is 0 Å². The van der Waals surface area contributed by atoms with Crippen molar-refractivity contribution in [3.8, 4) is 22.9 Å². The van der Waals surface area contributed by atoms with Crippen LogP contribution in [-0.4, -0.2) is 27.8 Å². The Hall–Kier alpha value is -4.86. The van der Waals surface area contributed by atoms with Gasteiger partial charge in [-0.3, -0.25) is 10.2 Å². The summed E-state index contributed by atoms with van der Waals surface area (Å²) in [6.07, 6.45) is -10.3. The molecule has 3 aromatic rings. The third-order valence-electron chi connectivity index (χ3n) is 5.09. The predicted molar refractivity (Wildman–Crippen MR) is 117 cm³/mol. The minimum atomic E-state index is -5.25. The van der Waals surface area contributed by atoms with E-state index in [4.69, 9.17) is 10.7 Å². The zero-order valence-corrected chi connectivity index (χ0v) is 18.1. The van der Waals surface area contributed by atoms with Crippen LogP contribution in [0.2, 0.25) is 0 Å². The maximum atomic E-state index is 13.9. The molecule has 0 aliphatic heterocycles. The minimum Gasteiger partial charge on any atom is -0.507 e. The highest BCUT2D eigenvalue weighted by Crippen LogP contribution is 2.44. The van der Waals surface area contributed by atoms with E-state index in [1.54, 1.807) is 6.07 Å². The topological polar surface area (TPSA) is 134 Å². The molecule has 0 aromatic heterocycles. The number of carboxylic acid groups (broad SMARTS) is 1. The molecular formula is C24H13F6N3O4. The number of nitrogens with zero attached hydrogens (tertiary/aromatic N) is 1. The van der Waals surface area contributed by atoms with Crippen molar-refractivity contribution in [3.63, 3.8) is 0 Å². The van der Waals surface area contributed by atoms with Crippen LogP contribution in [0.1, 0.15) is 32.6 Å². The number of aromatic carboxylic acids is 1. The summed E-state index contributed by atoms with van der Waals surface area (Å²) in [7, 11) is 0. The van der Waals surface area contributed by atoms with Crippen LogP contribution in [0.4, 0.5) is 32.0 Å². The Kier molecular flexibility index (Phi) is 6.97. The van der Waals surface area contributed by atoms with Crippen LogP contribution < -0.4 is 5.32 Å². The average molecular weight is 521 g/mol. The summed E-state index contributed by atoms with van der Waals surface area (Å²) in [5.41, 5.74) is -8.21. The number of carbonyl (C=O) groups is 2. The molecule has 13 heteroatoms. The number of hydrogen-bond acceptors (Lipinski definition) is 5. The van der Waals surface area contributed by atoms with Gasteiger partial charge in [0.15, 0.2) is 0 Å². The Morgan fingerprint density at radius 3 is 2.05 bits per heavy atom. The highest BCUT2D eigenvalue weighted by Gasteiger charge is 2.39. The van der Waals surface area contributed by atoms with Crippen molar-refractivity contribution >= 4 is 23.3 Å². The number of nitrogens with one attached hydrogen (secondary N) is 2. The number of nitriles is 1. The number of carbonyl (C=O) groups excluding carboxylic acids is 1. The molecule has 3 aromatic carbocycles. The van der Waals surface area contributed by atoms with Gasteiger partial charge in [-0.25, -0.2) is 4.79 Å². The van der Waals surface area contributed by atoms with E-state index < -0.39 is 74.8 Å². The largest absolute Gasteiger partial charge is 0.507 e. The second-order valence-electron chi connectivity index (χ2n) is 7.46. The number of benzene rings is 3. The van der Waals surface area contributed by atoms with Crippen molar-refractivity contribution in [3.05, 3.63) is 82.4 Å². The summed E-state index contributed by atoms with van der Waals surface area (Å²) in [6.45, 7) is 0. The number of rotatable bonds is 5. The molecule has 7 nitrogen and oxygen atoms in total. The van der Waals surface area contributed by atoms with Gasteiger partial charge in [0.1, 0.15) is 11.5 Å². The summed E-state index contributed by atoms with van der Waals surface area (Å²) < 4.78 is 81.9. The summed E-state index contributed by atoms with van der Waals surface area (Å²) >= 11 is 0. The maximum Gasteiger partial charge on any atom is 0.417 e. The molecule has 0 spiro atoms. The average Bonchev–Trinajstić information content (AvgIpc) is 2.82. The van der Waals surface area contributed by atoms with Gasteiger partial charge in [-0.1, -0.05) is 18.2 Å². The van der Waals surface area contributed by atoms with E-state index in [9.17, 15) is 46.1 Å². The molecule has 190 valence electrons. The fourth-order valence-electron chi connectivity index (χ4n) is 3.42. The lowest BCUT2D eigenvalue weighted by Gasteiger charge is -2.19. The van der Waals surface area contributed by atoms with E-state index in [-0.39, 0.29) is 11.6 Å². The van der Waals surface area contributed by atoms with Crippen LogP contribution in [0.25, 0.3) is 11.1 Å². The molecule has 0 aliphatic rings. The maximum absolute atomic E-state index is 13.9. The molecule has 0 aliphatic carbocycles. The van der Waals surface area contributed by atoms with Gasteiger partial charge >= 0.3 is 18.3 Å². The smallest absolute Gasteiger partial charge is 0.417 e. The number of phenolic OH excluding ortho intramolecular Hbond substituents is 1. The fourth-order valence-corrected chi connectivity index (χ4v) is 3.42. The van der Waals surface area contributed by atoms with Crippen LogP contribution in [-0.2, 0) is 17.1 Å². The Morgan fingerprint density at radius 2 is 1.49 bits per heavy atom. The number of halogens is 6. The first kappa shape index (κ1) is 26.7. The lowest BCUT2D eigenvalue weighted by Crippen LogP contribution is -2.25. The molecule has 0 radical (unpaired) electrons. The molecule has 0 fully saturated rings. The zero-order valence-electron chi connectivity index (χ0n) is 18.1. The minimum absolute atomic E-state index is 0.0762. The van der Waals surface area contributed by atoms with Crippen LogP contribution in [0.15, 0.2) is 54.6 Å². The van der Waals surface area contributed by atoms with E-state index in [0.29, 0.717) is 12.1 Å². The highest BCUT2D eigenvalue weighted by molar-refractivity contribution is 6.48. The van der Waals surface area contributed by atoms with Gasteiger partial charge in [0, 0.05) is 5.56 Å². The van der Waals surface area contributed by atoms with Crippen molar-refractivity contribution in [2.75, 3.05) is 5.32 Å². The fraction of sp³-hybridized carbons (Fsp3) is 0.0833. The molecule has 37 heavy (non-hydrogen) atoms. The highest BCUT2D eigenvalue weighted by atomic mass is 19.4. The Labute approximate surface area is 203 Å². The molecular weight excluding hydrogens is 508 g/mol. The van der Waals surface area contributed by atoms with Crippen molar-refractivity contribution < 1.29 is 46.1 Å². The monoisotopic (exact) mass is 521 g/mol. The van der Waals surface area contributed by atoms with Gasteiger partial charge in [-0.05, 0) is 47.5 Å². The standard InChI is InChI=1S/C24H13F6N3O4/c25-23(26,27)16-4-2-1-3-12(16)13-9-19(34)15(8-17(13)24(28,29)30)20(32)21(35)33-18-6-5-11(10-31)7-14(18)22(36)37/h1-9,32,34H,(H,33,35)(H,36,37). The molecule has 0 bridgehead atoms. The van der Waals surface area contributed by atoms with Crippen molar-refractivity contribution in [1.29, 1.82) is 10.7 Å². The molecule has 0 saturated carbocycles. The normalized spacial score (nSPS) is 11.5. The summed E-state index contributed by atoms with van der Waals surface area (Å²) in [5, 5.41) is 38.5. The SMILES string of the molecule is N#Cc1ccc(NC(=O)C(=N)c2cc(C(F)(F)F)c(-c3ccccc3C(F)(F)F)cc2O)c(C(=O)O)c1. The number of amides is 1. The summed E-state index contributed by atoms with van der Waals surface area (Å²) in [4.78, 5) is 24.0. The van der Waals surface area contributed by atoms with Crippen LogP contribution in [0.5, 0.6) is 5.75 Å². The van der Waals surface area contributed by atoms with Crippen molar-refractivity contribution in [2.45, 2.75) is 12.4 Å². The molecule has 0 unspecified atom stereocenters. The predicted octanol–water partition coefficient (Wildman–Crippen LogP) is 5.67. The van der Waals surface area contributed by atoms with E-state index >= 15 is 0 Å². The Bertz CT molecular complexity index is 1470. The zero-order chi connectivity index (χ0) is 27.7. The number of anilines is 1. The van der Waals surface area contributed by atoms with Crippen LogP contribution in [0.3, 0.4) is 0 Å². The first-order chi connectivity index (χ1) is 17.1. The first-order valence-corrected chi connectivity index (χ1v) is 9.93. The molecule has 0 saturated heterocycles. The molecule has 3 rings (SSSR count). The van der Waals surface area contributed by atoms with E-state index in [1.165, 1.54) is 0 Å². The van der Waals surface area contributed by atoms with E-state index in [0.717, 1.165) is 36.4 Å².